The molecule has 0 aromatic heterocycles. The van der Waals surface area contributed by atoms with Gasteiger partial charge in [0.1, 0.15) is 0 Å². The summed E-state index contributed by atoms with van der Waals surface area (Å²) in [6.07, 6.45) is -4.54. The van der Waals surface area contributed by atoms with Crippen molar-refractivity contribution >= 4 is 15.8 Å². The first-order valence-electron chi connectivity index (χ1n) is 8.42. The van der Waals surface area contributed by atoms with Crippen molar-refractivity contribution in [3.05, 3.63) is 77.9 Å². The van der Waals surface area contributed by atoms with E-state index in [1.807, 2.05) is 0 Å². The fourth-order valence-electron chi connectivity index (χ4n) is 2.92. The fraction of sp³-hybridized carbons (Fsp3) is 0.0952. The number of hydrogen-bond donors (Lipinski definition) is 1. The summed E-state index contributed by atoms with van der Waals surface area (Å²) in [4.78, 5) is 11.3. The van der Waals surface area contributed by atoms with Gasteiger partial charge in [-0.15, -0.1) is 0 Å². The number of hydrogen-bond acceptors (Lipinski definition) is 3. The highest BCUT2D eigenvalue weighted by molar-refractivity contribution is 7.89. The SMILES string of the molecule is CC(=O)c1ccc(-c2ccc(C(F)(F)F)cc2-c2ccc(S(N)(=O)=O)cc2)cc1. The molecule has 3 aromatic rings. The van der Waals surface area contributed by atoms with Gasteiger partial charge < -0.3 is 0 Å². The Bertz CT molecular complexity index is 1170. The van der Waals surface area contributed by atoms with E-state index in [2.05, 4.69) is 0 Å². The maximum Gasteiger partial charge on any atom is 0.416 e. The van der Waals surface area contributed by atoms with Crippen LogP contribution in [0.2, 0.25) is 0 Å². The number of nitrogens with two attached hydrogens (primary N) is 1. The second-order valence-electron chi connectivity index (χ2n) is 6.46. The van der Waals surface area contributed by atoms with Gasteiger partial charge in [0.2, 0.25) is 10.0 Å². The predicted molar refractivity (Wildman–Crippen MR) is 104 cm³/mol. The predicted octanol–water partition coefficient (Wildman–Crippen LogP) is 4.89. The van der Waals surface area contributed by atoms with Gasteiger partial charge in [0.15, 0.2) is 5.78 Å². The second-order valence-corrected chi connectivity index (χ2v) is 8.02. The van der Waals surface area contributed by atoms with Gasteiger partial charge in [0.05, 0.1) is 10.5 Å². The van der Waals surface area contributed by atoms with Crippen LogP contribution < -0.4 is 5.14 Å². The molecule has 150 valence electrons. The molecule has 0 spiro atoms. The first-order valence-corrected chi connectivity index (χ1v) is 9.97. The Balaban J connectivity index is 2.18. The molecule has 0 unspecified atom stereocenters. The number of rotatable bonds is 4. The summed E-state index contributed by atoms with van der Waals surface area (Å²) >= 11 is 0. The lowest BCUT2D eigenvalue weighted by molar-refractivity contribution is -0.137. The van der Waals surface area contributed by atoms with E-state index < -0.39 is 21.8 Å². The van der Waals surface area contributed by atoms with Crippen molar-refractivity contribution in [2.24, 2.45) is 5.14 Å². The minimum atomic E-state index is -4.54. The summed E-state index contributed by atoms with van der Waals surface area (Å²) in [6.45, 7) is 1.42. The minimum absolute atomic E-state index is 0.122. The highest BCUT2D eigenvalue weighted by Gasteiger charge is 2.31. The molecule has 0 saturated carbocycles. The summed E-state index contributed by atoms with van der Waals surface area (Å²) in [5.74, 6) is -0.122. The molecule has 0 bridgehead atoms. The summed E-state index contributed by atoms with van der Waals surface area (Å²) in [5.41, 5.74) is 1.46. The van der Waals surface area contributed by atoms with Crippen molar-refractivity contribution in [2.75, 3.05) is 0 Å². The molecule has 0 aliphatic heterocycles. The van der Waals surface area contributed by atoms with E-state index in [0.717, 1.165) is 12.1 Å². The Morgan fingerprint density at radius 2 is 1.34 bits per heavy atom. The molecule has 2 N–H and O–H groups in total. The maximum atomic E-state index is 13.2. The van der Waals surface area contributed by atoms with E-state index in [0.29, 0.717) is 22.3 Å². The van der Waals surface area contributed by atoms with Gasteiger partial charge in [-0.05, 0) is 53.4 Å². The van der Waals surface area contributed by atoms with Crippen LogP contribution in [0.15, 0.2) is 71.6 Å². The first-order chi connectivity index (χ1) is 13.5. The zero-order valence-corrected chi connectivity index (χ0v) is 16.0. The molecule has 0 atom stereocenters. The van der Waals surface area contributed by atoms with Gasteiger partial charge in [-0.25, -0.2) is 13.6 Å². The number of primary sulfonamides is 1. The van der Waals surface area contributed by atoms with Crippen molar-refractivity contribution in [3.63, 3.8) is 0 Å². The zero-order chi connectivity index (χ0) is 21.4. The van der Waals surface area contributed by atoms with Gasteiger partial charge in [0, 0.05) is 5.56 Å². The Morgan fingerprint density at radius 3 is 1.83 bits per heavy atom. The standard InChI is InChI=1S/C21H16F3NO3S/c1-13(26)14-2-4-15(5-3-14)19-11-8-17(21(22,23)24)12-20(19)16-6-9-18(10-7-16)29(25,27)28/h2-12H,1H3,(H2,25,27,28). The molecular formula is C21H16F3NO3S. The lowest BCUT2D eigenvalue weighted by Crippen LogP contribution is -2.11. The molecule has 0 aliphatic carbocycles. The van der Waals surface area contributed by atoms with Gasteiger partial charge in [-0.2, -0.15) is 13.2 Å². The first kappa shape index (κ1) is 20.8. The van der Waals surface area contributed by atoms with E-state index in [-0.39, 0.29) is 16.2 Å². The topological polar surface area (TPSA) is 77.2 Å². The molecule has 0 radical (unpaired) electrons. The number of sulfonamides is 1. The van der Waals surface area contributed by atoms with Crippen LogP contribution in [-0.2, 0) is 16.2 Å². The molecule has 0 fully saturated rings. The summed E-state index contributed by atoms with van der Waals surface area (Å²) < 4.78 is 62.6. The number of benzene rings is 3. The Kier molecular flexibility index (Phi) is 5.34. The lowest BCUT2D eigenvalue weighted by atomic mass is 9.92. The zero-order valence-electron chi connectivity index (χ0n) is 15.2. The highest BCUT2D eigenvalue weighted by atomic mass is 32.2. The summed E-state index contributed by atoms with van der Waals surface area (Å²) in [5, 5.41) is 5.08. The molecule has 0 amide bonds. The van der Waals surface area contributed by atoms with Gasteiger partial charge >= 0.3 is 6.18 Å². The summed E-state index contributed by atoms with van der Waals surface area (Å²) in [7, 11) is -3.92. The molecule has 29 heavy (non-hydrogen) atoms. The third kappa shape index (κ3) is 4.55. The van der Waals surface area contributed by atoms with E-state index in [4.69, 9.17) is 5.14 Å². The normalized spacial score (nSPS) is 12.0. The third-order valence-electron chi connectivity index (χ3n) is 4.44. The van der Waals surface area contributed by atoms with Crippen LogP contribution in [0.4, 0.5) is 13.2 Å². The smallest absolute Gasteiger partial charge is 0.295 e. The van der Waals surface area contributed by atoms with Crippen molar-refractivity contribution < 1.29 is 26.4 Å². The Morgan fingerprint density at radius 1 is 0.828 bits per heavy atom. The molecule has 3 aromatic carbocycles. The van der Waals surface area contributed by atoms with Gasteiger partial charge in [0.25, 0.3) is 0 Å². The average molecular weight is 419 g/mol. The monoisotopic (exact) mass is 419 g/mol. The van der Waals surface area contributed by atoms with Crippen molar-refractivity contribution in [2.45, 2.75) is 18.0 Å². The number of alkyl halides is 3. The maximum absolute atomic E-state index is 13.2. The van der Waals surface area contributed by atoms with Gasteiger partial charge in [-0.3, -0.25) is 4.79 Å². The highest BCUT2D eigenvalue weighted by Crippen LogP contribution is 2.38. The fourth-order valence-corrected chi connectivity index (χ4v) is 3.44. The van der Waals surface area contributed by atoms with E-state index >= 15 is 0 Å². The van der Waals surface area contributed by atoms with Crippen molar-refractivity contribution in [1.29, 1.82) is 0 Å². The van der Waals surface area contributed by atoms with Crippen LogP contribution in [0.5, 0.6) is 0 Å². The molecule has 4 nitrogen and oxygen atoms in total. The van der Waals surface area contributed by atoms with E-state index in [1.165, 1.54) is 37.3 Å². The summed E-state index contributed by atoms with van der Waals surface area (Å²) in [6, 6.07) is 15.2. The van der Waals surface area contributed by atoms with Crippen LogP contribution in [0.25, 0.3) is 22.3 Å². The number of ketones is 1. The van der Waals surface area contributed by atoms with Crippen molar-refractivity contribution in [1.82, 2.24) is 0 Å². The van der Waals surface area contributed by atoms with Crippen LogP contribution in [0, 0.1) is 0 Å². The minimum Gasteiger partial charge on any atom is -0.295 e. The average Bonchev–Trinajstić information content (AvgIpc) is 2.66. The lowest BCUT2D eigenvalue weighted by Gasteiger charge is -2.15. The largest absolute Gasteiger partial charge is 0.416 e. The van der Waals surface area contributed by atoms with Crippen LogP contribution in [-0.4, -0.2) is 14.2 Å². The quantitative estimate of drug-likeness (QED) is 0.612. The number of carbonyl (C=O) groups is 1. The molecule has 0 aliphatic rings. The van der Waals surface area contributed by atoms with E-state index in [1.54, 1.807) is 24.3 Å². The van der Waals surface area contributed by atoms with Gasteiger partial charge in [-0.1, -0.05) is 42.5 Å². The van der Waals surface area contributed by atoms with Crippen LogP contribution in [0.1, 0.15) is 22.8 Å². The molecule has 3 rings (SSSR count). The third-order valence-corrected chi connectivity index (χ3v) is 5.37. The Labute approximate surface area is 165 Å². The Hall–Kier alpha value is -2.97. The number of Topliss-reactive ketones (excluding diaryl/α,β-unsaturated/α-hetero) is 1. The van der Waals surface area contributed by atoms with Crippen LogP contribution in [0.3, 0.4) is 0 Å². The molecule has 0 saturated heterocycles. The second kappa shape index (κ2) is 7.46. The number of carbonyl (C=O) groups excluding carboxylic acids is 1. The molecule has 8 heteroatoms. The number of halogens is 3. The molecular weight excluding hydrogens is 403 g/mol. The van der Waals surface area contributed by atoms with E-state index in [9.17, 15) is 26.4 Å². The van der Waals surface area contributed by atoms with Crippen LogP contribution >= 0.6 is 0 Å². The van der Waals surface area contributed by atoms with Crippen molar-refractivity contribution in [3.8, 4) is 22.3 Å². The molecule has 0 heterocycles.